The van der Waals surface area contributed by atoms with Crippen LogP contribution in [0.5, 0.6) is 0 Å². The van der Waals surface area contributed by atoms with Crippen LogP contribution in [-0.4, -0.2) is 23.4 Å². The lowest BCUT2D eigenvalue weighted by Crippen LogP contribution is -2.22. The molecule has 0 aliphatic heterocycles. The van der Waals surface area contributed by atoms with E-state index < -0.39 is 0 Å². The second-order valence-electron chi connectivity index (χ2n) is 4.58. The molecule has 1 unspecified atom stereocenters. The van der Waals surface area contributed by atoms with Crippen LogP contribution in [-0.2, 0) is 13.0 Å². The molecule has 0 bridgehead atoms. The number of aromatic nitrogens is 2. The van der Waals surface area contributed by atoms with Crippen LogP contribution >= 0.6 is 11.6 Å². The fourth-order valence-electron chi connectivity index (χ4n) is 2.31. The molecule has 1 N–H and O–H groups in total. The lowest BCUT2D eigenvalue weighted by atomic mass is 9.97. The lowest BCUT2D eigenvalue weighted by molar-refractivity contribution is 0.439. The van der Waals surface area contributed by atoms with Gasteiger partial charge in [-0.3, -0.25) is 4.68 Å². The van der Waals surface area contributed by atoms with Gasteiger partial charge in [0.2, 0.25) is 0 Å². The van der Waals surface area contributed by atoms with Gasteiger partial charge in [0.05, 0.1) is 16.4 Å². The van der Waals surface area contributed by atoms with E-state index in [0.717, 1.165) is 30.2 Å². The topological polar surface area (TPSA) is 29.9 Å². The molecule has 1 atom stereocenters. The molecule has 0 aliphatic carbocycles. The van der Waals surface area contributed by atoms with Gasteiger partial charge in [-0.15, -0.1) is 0 Å². The van der Waals surface area contributed by atoms with E-state index in [0.29, 0.717) is 5.92 Å². The first-order valence-electron chi connectivity index (χ1n) is 6.50. The van der Waals surface area contributed by atoms with Crippen LogP contribution in [0.3, 0.4) is 0 Å². The van der Waals surface area contributed by atoms with Crippen molar-refractivity contribution in [1.29, 1.82) is 0 Å². The highest BCUT2D eigenvalue weighted by molar-refractivity contribution is 6.31. The van der Waals surface area contributed by atoms with Crippen molar-refractivity contribution in [3.8, 4) is 0 Å². The molecular weight excluding hydrogens is 234 g/mol. The van der Waals surface area contributed by atoms with Crippen molar-refractivity contribution in [3.05, 3.63) is 16.4 Å². The van der Waals surface area contributed by atoms with E-state index >= 15 is 0 Å². The third-order valence-corrected chi connectivity index (χ3v) is 3.62. The SMILES string of the molecule is CCCC(CNC)Cc1c(Cl)c(C)nn1CC. The van der Waals surface area contributed by atoms with E-state index in [-0.39, 0.29) is 0 Å². The van der Waals surface area contributed by atoms with Crippen LogP contribution in [0, 0.1) is 12.8 Å². The average Bonchev–Trinajstić information content (AvgIpc) is 2.57. The summed E-state index contributed by atoms with van der Waals surface area (Å²) in [7, 11) is 2.01. The summed E-state index contributed by atoms with van der Waals surface area (Å²) in [6.45, 7) is 8.25. The van der Waals surface area contributed by atoms with Gasteiger partial charge in [-0.2, -0.15) is 5.10 Å². The third-order valence-electron chi connectivity index (χ3n) is 3.12. The van der Waals surface area contributed by atoms with Crippen LogP contribution in [0.1, 0.15) is 38.1 Å². The van der Waals surface area contributed by atoms with Gasteiger partial charge in [-0.05, 0) is 46.2 Å². The second kappa shape index (κ2) is 7.02. The maximum atomic E-state index is 6.33. The maximum Gasteiger partial charge on any atom is 0.0847 e. The van der Waals surface area contributed by atoms with Gasteiger partial charge in [-0.25, -0.2) is 0 Å². The molecule has 0 radical (unpaired) electrons. The Hall–Kier alpha value is -0.540. The van der Waals surface area contributed by atoms with Crippen LogP contribution in [0.25, 0.3) is 0 Å². The quantitative estimate of drug-likeness (QED) is 0.814. The van der Waals surface area contributed by atoms with E-state index in [1.165, 1.54) is 18.5 Å². The smallest absolute Gasteiger partial charge is 0.0847 e. The van der Waals surface area contributed by atoms with Crippen molar-refractivity contribution in [2.45, 2.75) is 46.6 Å². The largest absolute Gasteiger partial charge is 0.319 e. The van der Waals surface area contributed by atoms with Crippen LogP contribution in [0.4, 0.5) is 0 Å². The first kappa shape index (κ1) is 14.5. The molecule has 0 saturated carbocycles. The Labute approximate surface area is 110 Å². The van der Waals surface area contributed by atoms with Crippen molar-refractivity contribution in [2.24, 2.45) is 5.92 Å². The Kier molecular flexibility index (Phi) is 6.00. The summed E-state index contributed by atoms with van der Waals surface area (Å²) >= 11 is 6.33. The molecule has 4 heteroatoms. The first-order valence-corrected chi connectivity index (χ1v) is 6.88. The molecule has 0 aromatic carbocycles. The molecule has 0 spiro atoms. The highest BCUT2D eigenvalue weighted by Crippen LogP contribution is 2.24. The van der Waals surface area contributed by atoms with Crippen LogP contribution < -0.4 is 5.32 Å². The monoisotopic (exact) mass is 257 g/mol. The third kappa shape index (κ3) is 3.71. The van der Waals surface area contributed by atoms with E-state index in [4.69, 9.17) is 11.6 Å². The molecule has 0 fully saturated rings. The Morgan fingerprint density at radius 1 is 1.41 bits per heavy atom. The van der Waals surface area contributed by atoms with Gasteiger partial charge in [0.15, 0.2) is 0 Å². The van der Waals surface area contributed by atoms with Crippen molar-refractivity contribution < 1.29 is 0 Å². The maximum absolute atomic E-state index is 6.33. The van der Waals surface area contributed by atoms with E-state index in [9.17, 15) is 0 Å². The number of nitrogens with one attached hydrogen (secondary N) is 1. The molecule has 1 aromatic heterocycles. The van der Waals surface area contributed by atoms with Crippen LogP contribution in [0.2, 0.25) is 5.02 Å². The predicted molar refractivity (Wildman–Crippen MR) is 73.7 cm³/mol. The van der Waals surface area contributed by atoms with E-state index in [1.54, 1.807) is 0 Å². The summed E-state index contributed by atoms with van der Waals surface area (Å²) in [6, 6.07) is 0. The summed E-state index contributed by atoms with van der Waals surface area (Å²) in [4.78, 5) is 0. The number of aryl methyl sites for hydroxylation is 2. The molecule has 98 valence electrons. The van der Waals surface area contributed by atoms with Crippen molar-refractivity contribution in [1.82, 2.24) is 15.1 Å². The fourth-order valence-corrected chi connectivity index (χ4v) is 2.52. The molecule has 3 nitrogen and oxygen atoms in total. The summed E-state index contributed by atoms with van der Waals surface area (Å²) in [5, 5.41) is 8.58. The summed E-state index contributed by atoms with van der Waals surface area (Å²) in [5.41, 5.74) is 2.14. The molecule has 1 rings (SSSR count). The minimum absolute atomic E-state index is 0.642. The van der Waals surface area contributed by atoms with Crippen molar-refractivity contribution in [2.75, 3.05) is 13.6 Å². The van der Waals surface area contributed by atoms with Gasteiger partial charge < -0.3 is 5.32 Å². The second-order valence-corrected chi connectivity index (χ2v) is 4.96. The summed E-state index contributed by atoms with van der Waals surface area (Å²) in [5.74, 6) is 0.642. The van der Waals surface area contributed by atoms with E-state index in [2.05, 4.69) is 24.3 Å². The fraction of sp³-hybridized carbons (Fsp3) is 0.769. The number of hydrogen-bond donors (Lipinski definition) is 1. The van der Waals surface area contributed by atoms with Gasteiger partial charge in [0.25, 0.3) is 0 Å². The normalized spacial score (nSPS) is 13.0. The molecule has 1 aromatic rings. The van der Waals surface area contributed by atoms with Gasteiger partial charge >= 0.3 is 0 Å². The van der Waals surface area contributed by atoms with E-state index in [1.807, 2.05) is 18.7 Å². The predicted octanol–water partition coefficient (Wildman–Crippen LogP) is 3.04. The van der Waals surface area contributed by atoms with Gasteiger partial charge in [0, 0.05) is 6.54 Å². The molecule has 1 heterocycles. The Balaban J connectivity index is 2.83. The number of rotatable bonds is 7. The van der Waals surface area contributed by atoms with Crippen molar-refractivity contribution in [3.63, 3.8) is 0 Å². The summed E-state index contributed by atoms with van der Waals surface area (Å²) < 4.78 is 2.04. The number of halogens is 1. The van der Waals surface area contributed by atoms with Crippen LogP contribution in [0.15, 0.2) is 0 Å². The minimum Gasteiger partial charge on any atom is -0.319 e. The zero-order valence-electron chi connectivity index (χ0n) is 11.4. The van der Waals surface area contributed by atoms with Gasteiger partial charge in [0.1, 0.15) is 0 Å². The lowest BCUT2D eigenvalue weighted by Gasteiger charge is -2.16. The Morgan fingerprint density at radius 3 is 2.65 bits per heavy atom. The molecule has 0 aliphatic rings. The minimum atomic E-state index is 0.642. The molecular formula is C13H24ClN3. The zero-order valence-corrected chi connectivity index (χ0v) is 12.1. The number of hydrogen-bond acceptors (Lipinski definition) is 2. The standard InChI is InChI=1S/C13H24ClN3/c1-5-7-11(9-15-4)8-12-13(14)10(3)16-17(12)6-2/h11,15H,5-9H2,1-4H3. The number of nitrogens with zero attached hydrogens (tertiary/aromatic N) is 2. The highest BCUT2D eigenvalue weighted by atomic mass is 35.5. The summed E-state index contributed by atoms with van der Waals surface area (Å²) in [6.07, 6.45) is 3.45. The molecule has 0 saturated heterocycles. The molecule has 17 heavy (non-hydrogen) atoms. The van der Waals surface area contributed by atoms with Gasteiger partial charge in [-0.1, -0.05) is 24.9 Å². The Bertz CT molecular complexity index is 341. The highest BCUT2D eigenvalue weighted by Gasteiger charge is 2.17. The first-order chi connectivity index (χ1) is 8.13. The van der Waals surface area contributed by atoms with Crippen molar-refractivity contribution >= 4 is 11.6 Å². The molecule has 0 amide bonds. The average molecular weight is 258 g/mol. The Morgan fingerprint density at radius 2 is 2.12 bits per heavy atom. The zero-order chi connectivity index (χ0) is 12.8.